The lowest BCUT2D eigenvalue weighted by Crippen LogP contribution is -2.37. The maximum Gasteiger partial charge on any atom is 0.261 e. The quantitative estimate of drug-likeness (QED) is 0.663. The highest BCUT2D eigenvalue weighted by Gasteiger charge is 2.26. The Morgan fingerprint density at radius 3 is 2.85 bits per heavy atom. The normalized spacial score (nSPS) is 16.5. The van der Waals surface area contributed by atoms with E-state index in [0.29, 0.717) is 22.2 Å². The standard InChI is InChI=1S/C19H19N5O2S/c1-12(25)16-4-5-17(27-16)18(26)22-13-7-10-24(11-13)19-21-9-6-15(23-19)14-3-2-8-20-14/h2-6,8-9,13,20H,7,10-11H2,1H3,(H,22,26). The summed E-state index contributed by atoms with van der Waals surface area (Å²) >= 11 is 1.23. The molecule has 4 heterocycles. The molecule has 0 radical (unpaired) electrons. The van der Waals surface area contributed by atoms with E-state index in [9.17, 15) is 9.59 Å². The smallest absolute Gasteiger partial charge is 0.261 e. The van der Waals surface area contributed by atoms with Gasteiger partial charge in [-0.05, 0) is 43.7 Å². The summed E-state index contributed by atoms with van der Waals surface area (Å²) < 4.78 is 0. The molecule has 1 amide bonds. The minimum absolute atomic E-state index is 0.0230. The van der Waals surface area contributed by atoms with Gasteiger partial charge in [-0.25, -0.2) is 9.97 Å². The van der Waals surface area contributed by atoms with E-state index in [1.807, 2.05) is 24.4 Å². The summed E-state index contributed by atoms with van der Waals surface area (Å²) in [7, 11) is 0. The number of aromatic nitrogens is 3. The van der Waals surface area contributed by atoms with Crippen molar-refractivity contribution in [2.45, 2.75) is 19.4 Å². The molecule has 1 unspecified atom stereocenters. The van der Waals surface area contributed by atoms with Gasteiger partial charge in [-0.2, -0.15) is 0 Å². The molecule has 3 aromatic heterocycles. The average molecular weight is 381 g/mol. The topological polar surface area (TPSA) is 91.0 Å². The van der Waals surface area contributed by atoms with E-state index < -0.39 is 0 Å². The Labute approximate surface area is 160 Å². The van der Waals surface area contributed by atoms with E-state index in [1.165, 1.54) is 18.3 Å². The highest BCUT2D eigenvalue weighted by atomic mass is 32.1. The first kappa shape index (κ1) is 17.4. The number of hydrogen-bond donors (Lipinski definition) is 2. The van der Waals surface area contributed by atoms with Gasteiger partial charge < -0.3 is 15.2 Å². The third-order valence-electron chi connectivity index (χ3n) is 4.50. The lowest BCUT2D eigenvalue weighted by atomic mass is 10.2. The number of hydrogen-bond acceptors (Lipinski definition) is 6. The van der Waals surface area contributed by atoms with Gasteiger partial charge in [0, 0.05) is 31.5 Å². The Kier molecular flexibility index (Phi) is 4.72. The summed E-state index contributed by atoms with van der Waals surface area (Å²) in [6.07, 6.45) is 4.44. The van der Waals surface area contributed by atoms with Crippen molar-refractivity contribution in [2.24, 2.45) is 0 Å². The second-order valence-corrected chi connectivity index (χ2v) is 7.53. The number of ketones is 1. The summed E-state index contributed by atoms with van der Waals surface area (Å²) in [6, 6.07) is 9.19. The van der Waals surface area contributed by atoms with Gasteiger partial charge >= 0.3 is 0 Å². The van der Waals surface area contributed by atoms with E-state index in [1.54, 1.807) is 18.3 Å². The number of H-pyrrole nitrogens is 1. The zero-order chi connectivity index (χ0) is 18.8. The van der Waals surface area contributed by atoms with Crippen molar-refractivity contribution in [3.05, 3.63) is 52.5 Å². The Morgan fingerprint density at radius 1 is 1.26 bits per heavy atom. The maximum absolute atomic E-state index is 12.4. The molecule has 0 aliphatic carbocycles. The number of carbonyl (C=O) groups excluding carboxylic acids is 2. The van der Waals surface area contributed by atoms with Crippen LogP contribution >= 0.6 is 11.3 Å². The summed E-state index contributed by atoms with van der Waals surface area (Å²) in [5.41, 5.74) is 1.79. The molecule has 1 aliphatic rings. The van der Waals surface area contributed by atoms with Crippen molar-refractivity contribution in [1.29, 1.82) is 0 Å². The van der Waals surface area contributed by atoms with Crippen LogP contribution in [0.5, 0.6) is 0 Å². The Balaban J connectivity index is 1.41. The lowest BCUT2D eigenvalue weighted by molar-refractivity contribution is 0.0944. The van der Waals surface area contributed by atoms with E-state index >= 15 is 0 Å². The van der Waals surface area contributed by atoms with E-state index in [0.717, 1.165) is 24.4 Å². The molecule has 0 aromatic carbocycles. The molecule has 1 aliphatic heterocycles. The van der Waals surface area contributed by atoms with Crippen molar-refractivity contribution in [2.75, 3.05) is 18.0 Å². The number of Topliss-reactive ketones (excluding diaryl/α,β-unsaturated/α-hetero) is 1. The van der Waals surface area contributed by atoms with Gasteiger partial charge in [0.2, 0.25) is 5.95 Å². The highest BCUT2D eigenvalue weighted by molar-refractivity contribution is 7.15. The second-order valence-electron chi connectivity index (χ2n) is 6.45. The Hall–Kier alpha value is -3.00. The summed E-state index contributed by atoms with van der Waals surface area (Å²) in [6.45, 7) is 2.94. The van der Waals surface area contributed by atoms with Crippen LogP contribution in [0.1, 0.15) is 32.7 Å². The van der Waals surface area contributed by atoms with Crippen molar-refractivity contribution in [3.8, 4) is 11.4 Å². The number of thiophene rings is 1. The third kappa shape index (κ3) is 3.75. The van der Waals surface area contributed by atoms with Gasteiger partial charge in [-0.15, -0.1) is 11.3 Å². The van der Waals surface area contributed by atoms with Crippen LogP contribution in [-0.4, -0.2) is 45.8 Å². The van der Waals surface area contributed by atoms with Crippen LogP contribution in [0.25, 0.3) is 11.4 Å². The lowest BCUT2D eigenvalue weighted by Gasteiger charge is -2.17. The molecule has 1 saturated heterocycles. The Bertz CT molecular complexity index is 966. The third-order valence-corrected chi connectivity index (χ3v) is 5.68. The first-order valence-electron chi connectivity index (χ1n) is 8.73. The molecule has 0 bridgehead atoms. The predicted molar refractivity (Wildman–Crippen MR) is 104 cm³/mol. The number of amides is 1. The van der Waals surface area contributed by atoms with Crippen molar-refractivity contribution in [3.63, 3.8) is 0 Å². The van der Waals surface area contributed by atoms with Crippen molar-refractivity contribution < 1.29 is 9.59 Å². The fourth-order valence-corrected chi connectivity index (χ4v) is 3.91. The summed E-state index contributed by atoms with van der Waals surface area (Å²) in [5.74, 6) is 0.499. The fourth-order valence-electron chi connectivity index (χ4n) is 3.11. The number of aromatic amines is 1. The van der Waals surface area contributed by atoms with Crippen LogP contribution in [0, 0.1) is 0 Å². The SMILES string of the molecule is CC(=O)c1ccc(C(=O)NC2CCN(c3nccc(-c4ccc[nH]4)n3)C2)s1. The zero-order valence-corrected chi connectivity index (χ0v) is 15.6. The summed E-state index contributed by atoms with van der Waals surface area (Å²) in [4.78, 5) is 39.2. The van der Waals surface area contributed by atoms with Crippen LogP contribution < -0.4 is 10.2 Å². The number of nitrogens with zero attached hydrogens (tertiary/aromatic N) is 3. The van der Waals surface area contributed by atoms with Gasteiger partial charge in [0.15, 0.2) is 5.78 Å². The number of rotatable bonds is 5. The van der Waals surface area contributed by atoms with Crippen molar-refractivity contribution in [1.82, 2.24) is 20.3 Å². The zero-order valence-electron chi connectivity index (χ0n) is 14.8. The fraction of sp³-hybridized carbons (Fsp3) is 0.263. The Morgan fingerprint density at radius 2 is 2.11 bits per heavy atom. The minimum Gasteiger partial charge on any atom is -0.360 e. The maximum atomic E-state index is 12.4. The highest BCUT2D eigenvalue weighted by Crippen LogP contribution is 2.21. The molecule has 4 rings (SSSR count). The molecule has 138 valence electrons. The predicted octanol–water partition coefficient (Wildman–Crippen LogP) is 2.74. The molecule has 0 spiro atoms. The first-order valence-corrected chi connectivity index (χ1v) is 9.55. The molecular weight excluding hydrogens is 362 g/mol. The van der Waals surface area contributed by atoms with Crippen LogP contribution in [-0.2, 0) is 0 Å². The van der Waals surface area contributed by atoms with E-state index in [-0.39, 0.29) is 17.7 Å². The average Bonchev–Trinajstić information content (AvgIpc) is 3.42. The molecule has 7 nitrogen and oxygen atoms in total. The van der Waals surface area contributed by atoms with E-state index in [2.05, 4.69) is 25.2 Å². The number of carbonyl (C=O) groups is 2. The van der Waals surface area contributed by atoms with Crippen LogP contribution in [0.15, 0.2) is 42.7 Å². The minimum atomic E-state index is -0.139. The van der Waals surface area contributed by atoms with Gasteiger partial charge in [-0.3, -0.25) is 9.59 Å². The van der Waals surface area contributed by atoms with Crippen LogP contribution in [0.4, 0.5) is 5.95 Å². The summed E-state index contributed by atoms with van der Waals surface area (Å²) in [5, 5.41) is 3.05. The van der Waals surface area contributed by atoms with Gasteiger partial charge in [0.25, 0.3) is 5.91 Å². The molecule has 1 atom stereocenters. The molecule has 1 fully saturated rings. The molecular formula is C19H19N5O2S. The monoisotopic (exact) mass is 381 g/mol. The van der Waals surface area contributed by atoms with E-state index in [4.69, 9.17) is 0 Å². The van der Waals surface area contributed by atoms with Gasteiger partial charge in [0.1, 0.15) is 0 Å². The van der Waals surface area contributed by atoms with Crippen LogP contribution in [0.2, 0.25) is 0 Å². The first-order chi connectivity index (χ1) is 13.1. The van der Waals surface area contributed by atoms with Gasteiger partial charge in [-0.1, -0.05) is 0 Å². The molecule has 2 N–H and O–H groups in total. The molecule has 8 heteroatoms. The molecule has 3 aromatic rings. The number of anilines is 1. The second kappa shape index (κ2) is 7.32. The van der Waals surface area contributed by atoms with Crippen molar-refractivity contribution >= 4 is 29.0 Å². The molecule has 0 saturated carbocycles. The molecule has 27 heavy (non-hydrogen) atoms. The number of nitrogens with one attached hydrogen (secondary N) is 2. The largest absolute Gasteiger partial charge is 0.360 e. The van der Waals surface area contributed by atoms with Crippen LogP contribution in [0.3, 0.4) is 0 Å². The van der Waals surface area contributed by atoms with Gasteiger partial charge in [0.05, 0.1) is 21.1 Å².